The van der Waals surface area contributed by atoms with Crippen LogP contribution < -0.4 is 0 Å². The number of hydrogen-bond donors (Lipinski definition) is 0. The predicted molar refractivity (Wildman–Crippen MR) is 86.7 cm³/mol. The van der Waals surface area contributed by atoms with E-state index in [1.54, 1.807) is 0 Å². The Labute approximate surface area is 144 Å². The molecule has 4 heterocycles. The largest absolute Gasteiger partial charge is 0.345 e. The molecule has 0 N–H and O–H groups in total. The van der Waals surface area contributed by atoms with Gasteiger partial charge in [0, 0.05) is 25.2 Å². The van der Waals surface area contributed by atoms with Gasteiger partial charge in [0.1, 0.15) is 5.78 Å². The number of carbonyl (C=O) groups excluding carboxylic acids is 1. The summed E-state index contributed by atoms with van der Waals surface area (Å²) in [5, 5.41) is 0. The van der Waals surface area contributed by atoms with Crippen LogP contribution in [0, 0.1) is 23.7 Å². The maximum Gasteiger partial charge on any atom is 0.201 e. The van der Waals surface area contributed by atoms with Gasteiger partial charge in [-0.3, -0.25) is 4.79 Å². The van der Waals surface area contributed by atoms with Crippen LogP contribution in [0.3, 0.4) is 0 Å². The van der Waals surface area contributed by atoms with Crippen molar-refractivity contribution in [2.75, 3.05) is 0 Å². The number of Topliss-reactive ketones (excluding diaryl/α,β-unsaturated/α-hetero) is 1. The van der Waals surface area contributed by atoms with E-state index >= 15 is 0 Å². The maximum atomic E-state index is 12.0. The molecule has 0 aromatic heterocycles. The molecule has 0 aromatic carbocycles. The third kappa shape index (κ3) is 2.32. The third-order valence-electron chi connectivity index (χ3n) is 7.12. The van der Waals surface area contributed by atoms with E-state index in [1.807, 2.05) is 13.8 Å². The molecule has 1 aliphatic carbocycles. The summed E-state index contributed by atoms with van der Waals surface area (Å²) in [6.45, 7) is 8.37. The second kappa shape index (κ2) is 5.76. The molecule has 1 spiro atoms. The van der Waals surface area contributed by atoms with Crippen molar-refractivity contribution in [3.05, 3.63) is 0 Å². The van der Waals surface area contributed by atoms with Crippen LogP contribution in [0.25, 0.3) is 0 Å². The van der Waals surface area contributed by atoms with E-state index in [0.717, 1.165) is 19.3 Å². The summed E-state index contributed by atoms with van der Waals surface area (Å²) in [5.74, 6) is 1.05. The van der Waals surface area contributed by atoms with Gasteiger partial charge in [0.15, 0.2) is 11.9 Å². The molecule has 136 valence electrons. The molecule has 0 unspecified atom stereocenters. The first kappa shape index (κ1) is 17.0. The van der Waals surface area contributed by atoms with Crippen LogP contribution in [0.4, 0.5) is 0 Å². The minimum atomic E-state index is -0.739. The first-order valence-corrected chi connectivity index (χ1v) is 9.61. The highest BCUT2D eigenvalue weighted by atomic mass is 17.3. The lowest BCUT2D eigenvalue weighted by molar-refractivity contribution is -0.570. The molecule has 1 saturated carbocycles. The Morgan fingerprint density at radius 3 is 2.67 bits per heavy atom. The molecule has 0 aromatic rings. The van der Waals surface area contributed by atoms with Gasteiger partial charge in [0.2, 0.25) is 5.79 Å². The van der Waals surface area contributed by atoms with E-state index in [9.17, 15) is 4.79 Å². The Kier molecular flexibility index (Phi) is 4.07. The molecule has 5 fully saturated rings. The molecule has 8 atom stereocenters. The van der Waals surface area contributed by atoms with E-state index in [-0.39, 0.29) is 17.8 Å². The van der Waals surface area contributed by atoms with Gasteiger partial charge >= 0.3 is 0 Å². The van der Waals surface area contributed by atoms with Crippen molar-refractivity contribution in [1.82, 2.24) is 0 Å². The fourth-order valence-electron chi connectivity index (χ4n) is 5.58. The molecule has 4 saturated heterocycles. The summed E-state index contributed by atoms with van der Waals surface area (Å²) in [6.07, 6.45) is 4.66. The van der Waals surface area contributed by atoms with Crippen LogP contribution in [0.5, 0.6) is 0 Å². The van der Waals surface area contributed by atoms with Crippen molar-refractivity contribution in [2.45, 2.75) is 90.0 Å². The second-order valence-electron chi connectivity index (χ2n) is 8.54. The van der Waals surface area contributed by atoms with E-state index in [1.165, 1.54) is 6.42 Å². The first-order chi connectivity index (χ1) is 11.4. The van der Waals surface area contributed by atoms with Crippen LogP contribution in [0.1, 0.15) is 66.2 Å². The second-order valence-corrected chi connectivity index (χ2v) is 8.54. The summed E-state index contributed by atoms with van der Waals surface area (Å²) in [5.41, 5.74) is -0.515. The van der Waals surface area contributed by atoms with Gasteiger partial charge in [0.05, 0.1) is 6.10 Å². The maximum absolute atomic E-state index is 12.0. The van der Waals surface area contributed by atoms with E-state index in [0.29, 0.717) is 30.6 Å². The van der Waals surface area contributed by atoms with Gasteiger partial charge in [-0.25, -0.2) is 9.78 Å². The molecule has 5 nitrogen and oxygen atoms in total. The number of rotatable bonds is 3. The highest BCUT2D eigenvalue weighted by Crippen LogP contribution is 2.60. The van der Waals surface area contributed by atoms with Gasteiger partial charge in [-0.15, -0.1) is 0 Å². The average Bonchev–Trinajstić information content (AvgIpc) is 2.78. The summed E-state index contributed by atoms with van der Waals surface area (Å²) >= 11 is 0. The van der Waals surface area contributed by atoms with Gasteiger partial charge in [0.25, 0.3) is 0 Å². The molecule has 0 radical (unpaired) electrons. The third-order valence-corrected chi connectivity index (χ3v) is 7.12. The Morgan fingerprint density at radius 2 is 1.92 bits per heavy atom. The fourth-order valence-corrected chi connectivity index (χ4v) is 5.58. The monoisotopic (exact) mass is 338 g/mol. The normalized spacial score (nSPS) is 53.3. The Bertz CT molecular complexity index is 522. The Hall–Kier alpha value is -0.490. The number of carbonyl (C=O) groups is 1. The molecule has 24 heavy (non-hydrogen) atoms. The van der Waals surface area contributed by atoms with Crippen LogP contribution in [-0.2, 0) is 24.0 Å². The van der Waals surface area contributed by atoms with Crippen molar-refractivity contribution in [3.8, 4) is 0 Å². The van der Waals surface area contributed by atoms with Crippen molar-refractivity contribution >= 4 is 5.78 Å². The van der Waals surface area contributed by atoms with Gasteiger partial charge in [-0.05, 0) is 43.9 Å². The first-order valence-electron chi connectivity index (χ1n) is 9.61. The van der Waals surface area contributed by atoms with Crippen LogP contribution >= 0.6 is 0 Å². The van der Waals surface area contributed by atoms with Crippen LogP contribution in [-0.4, -0.2) is 29.6 Å². The molecule has 4 aliphatic heterocycles. The van der Waals surface area contributed by atoms with Crippen LogP contribution in [0.2, 0.25) is 0 Å². The molecule has 0 amide bonds. The van der Waals surface area contributed by atoms with Crippen molar-refractivity contribution in [3.63, 3.8) is 0 Å². The number of fused-ring (bicyclic) bond motifs is 2. The number of ketones is 1. The quantitative estimate of drug-likeness (QED) is 0.736. The predicted octanol–water partition coefficient (Wildman–Crippen LogP) is 3.61. The lowest BCUT2D eigenvalue weighted by Crippen LogP contribution is -2.70. The van der Waals surface area contributed by atoms with E-state index in [4.69, 9.17) is 19.2 Å². The summed E-state index contributed by atoms with van der Waals surface area (Å²) in [7, 11) is 0. The highest BCUT2D eigenvalue weighted by molar-refractivity contribution is 5.78. The molecule has 5 aliphatic rings. The SMILES string of the molecule is CCC(=O)C[C@H]1O[C@@H]2O[C@]3(C)CC[C@H]4[C@H](C)CC[C@@H]([C@H]1C)[C@@]24OO3. The molecule has 5 rings (SSSR count). The zero-order valence-electron chi connectivity index (χ0n) is 15.2. The standard InChI is InChI=1S/C19H30O5/c1-5-13(20)10-16-12(3)15-7-6-11(2)14-8-9-18(4)22-17(21-16)19(14,15)24-23-18/h11-12,14-17H,5-10H2,1-4H3/t11-,12-,14+,15+,16-,17-,18+,19-/m1/s1. The summed E-state index contributed by atoms with van der Waals surface area (Å²) < 4.78 is 12.7. The summed E-state index contributed by atoms with van der Waals surface area (Å²) in [6, 6.07) is 0. The number of ether oxygens (including phenoxy) is 2. The molecule has 2 bridgehead atoms. The van der Waals surface area contributed by atoms with Crippen molar-refractivity contribution in [2.24, 2.45) is 23.7 Å². The Balaban J connectivity index is 1.71. The topological polar surface area (TPSA) is 54.0 Å². The minimum Gasteiger partial charge on any atom is -0.345 e. The highest BCUT2D eigenvalue weighted by Gasteiger charge is 2.69. The summed E-state index contributed by atoms with van der Waals surface area (Å²) in [4.78, 5) is 23.9. The van der Waals surface area contributed by atoms with E-state index in [2.05, 4.69) is 13.8 Å². The van der Waals surface area contributed by atoms with E-state index < -0.39 is 17.7 Å². The average molecular weight is 338 g/mol. The lowest BCUT2D eigenvalue weighted by atomic mass is 9.57. The van der Waals surface area contributed by atoms with Gasteiger partial charge < -0.3 is 9.47 Å². The zero-order chi connectivity index (χ0) is 17.1. The van der Waals surface area contributed by atoms with Crippen molar-refractivity contribution < 1.29 is 24.0 Å². The minimum absolute atomic E-state index is 0.0846. The van der Waals surface area contributed by atoms with Crippen LogP contribution in [0.15, 0.2) is 0 Å². The molecule has 5 heteroatoms. The lowest BCUT2D eigenvalue weighted by Gasteiger charge is -2.60. The van der Waals surface area contributed by atoms with Crippen molar-refractivity contribution in [1.29, 1.82) is 0 Å². The molecular formula is C19H30O5. The number of hydrogen-bond acceptors (Lipinski definition) is 5. The zero-order valence-corrected chi connectivity index (χ0v) is 15.2. The van der Waals surface area contributed by atoms with Gasteiger partial charge in [-0.2, -0.15) is 0 Å². The fraction of sp³-hybridized carbons (Fsp3) is 0.947. The smallest absolute Gasteiger partial charge is 0.201 e. The van der Waals surface area contributed by atoms with Gasteiger partial charge in [-0.1, -0.05) is 20.8 Å². The molecular weight excluding hydrogens is 308 g/mol. The Morgan fingerprint density at radius 1 is 1.12 bits per heavy atom.